The lowest BCUT2D eigenvalue weighted by Crippen LogP contribution is -2.42. The summed E-state index contributed by atoms with van der Waals surface area (Å²) in [6.07, 6.45) is 3.98. The molecule has 0 fully saturated rings. The Morgan fingerprint density at radius 3 is 2.58 bits per heavy atom. The summed E-state index contributed by atoms with van der Waals surface area (Å²) in [6.45, 7) is 11.2. The number of rotatable bonds is 5. The predicted molar refractivity (Wildman–Crippen MR) is 151 cm³/mol. The Hall–Kier alpha value is -4.41. The number of carboxylic acids is 1. The first kappa shape index (κ1) is 27.2. The summed E-state index contributed by atoms with van der Waals surface area (Å²) in [5.41, 5.74) is 5.29. The minimum Gasteiger partial charge on any atom is -0.481 e. The van der Waals surface area contributed by atoms with Crippen molar-refractivity contribution in [3.05, 3.63) is 59.0 Å². The fraction of sp³-hybridized carbons (Fsp3) is 0.414. The van der Waals surface area contributed by atoms with E-state index >= 15 is 0 Å². The minimum atomic E-state index is -0.863. The second-order valence-electron chi connectivity index (χ2n) is 11.0. The van der Waals surface area contributed by atoms with E-state index in [0.717, 1.165) is 46.7 Å². The summed E-state index contributed by atoms with van der Waals surface area (Å²) in [7, 11) is 0. The fourth-order valence-electron chi connectivity index (χ4n) is 4.84. The maximum absolute atomic E-state index is 13.0. The molecule has 1 aromatic carbocycles. The van der Waals surface area contributed by atoms with Gasteiger partial charge in [-0.05, 0) is 64.3 Å². The standard InChI is InChI=1S/C29H34N6O5/c1-17(26(36)37)19-6-8-21(9-7-19)32-27-31-14-20-10-11-34(16-22(20)33-27)23-15-30-25-24(18(23)2)35(12-13-39-25)28(38)40-29(3,4)5/h6-9,14-15,17H,10-13,16H2,1-5H3,(H,36,37)(H,31,32,33)/t17-/m0/s1. The van der Waals surface area contributed by atoms with Crippen LogP contribution in [0.4, 0.5) is 27.8 Å². The van der Waals surface area contributed by atoms with Gasteiger partial charge in [0.25, 0.3) is 0 Å². The second kappa shape index (κ2) is 10.6. The van der Waals surface area contributed by atoms with Crippen LogP contribution in [0.2, 0.25) is 0 Å². The number of aromatic nitrogens is 3. The van der Waals surface area contributed by atoms with Crippen LogP contribution < -0.4 is 19.9 Å². The van der Waals surface area contributed by atoms with Gasteiger partial charge in [0.15, 0.2) is 0 Å². The van der Waals surface area contributed by atoms with Crippen LogP contribution in [0, 0.1) is 6.92 Å². The van der Waals surface area contributed by atoms with Crippen molar-refractivity contribution < 1.29 is 24.2 Å². The molecule has 11 nitrogen and oxygen atoms in total. The van der Waals surface area contributed by atoms with E-state index in [1.807, 2.05) is 46.0 Å². The van der Waals surface area contributed by atoms with Crippen LogP contribution in [0.15, 0.2) is 36.7 Å². The zero-order chi connectivity index (χ0) is 28.6. The number of nitrogens with one attached hydrogen (secondary N) is 1. The number of anilines is 4. The van der Waals surface area contributed by atoms with Gasteiger partial charge in [0.2, 0.25) is 11.8 Å². The molecule has 0 spiro atoms. The van der Waals surface area contributed by atoms with Gasteiger partial charge in [-0.3, -0.25) is 9.69 Å². The number of ether oxygens (including phenoxy) is 2. The molecule has 5 rings (SSSR count). The van der Waals surface area contributed by atoms with E-state index in [9.17, 15) is 14.7 Å². The Morgan fingerprint density at radius 2 is 1.88 bits per heavy atom. The molecule has 4 heterocycles. The molecule has 2 aromatic heterocycles. The summed E-state index contributed by atoms with van der Waals surface area (Å²) >= 11 is 0. The molecule has 0 saturated carbocycles. The van der Waals surface area contributed by atoms with E-state index in [2.05, 4.69) is 20.2 Å². The molecule has 2 aliphatic heterocycles. The van der Waals surface area contributed by atoms with E-state index < -0.39 is 23.6 Å². The third-order valence-corrected chi connectivity index (χ3v) is 7.01. The molecule has 3 aromatic rings. The quantitative estimate of drug-likeness (QED) is 0.460. The smallest absolute Gasteiger partial charge is 0.415 e. The van der Waals surface area contributed by atoms with Crippen LogP contribution >= 0.6 is 0 Å². The average Bonchev–Trinajstić information content (AvgIpc) is 2.91. The number of hydrogen-bond acceptors (Lipinski definition) is 9. The number of fused-ring (bicyclic) bond motifs is 2. The Morgan fingerprint density at radius 1 is 1.12 bits per heavy atom. The van der Waals surface area contributed by atoms with E-state index in [-0.39, 0.29) is 0 Å². The number of benzene rings is 1. The van der Waals surface area contributed by atoms with Gasteiger partial charge in [0.1, 0.15) is 17.9 Å². The van der Waals surface area contributed by atoms with Gasteiger partial charge >= 0.3 is 12.1 Å². The first-order chi connectivity index (χ1) is 19.0. The normalized spacial score (nSPS) is 15.4. The van der Waals surface area contributed by atoms with Crippen LogP contribution in [0.5, 0.6) is 5.88 Å². The maximum atomic E-state index is 13.0. The third kappa shape index (κ3) is 5.63. The van der Waals surface area contributed by atoms with E-state index in [1.54, 1.807) is 30.2 Å². The molecule has 0 saturated heterocycles. The molecule has 0 radical (unpaired) electrons. The predicted octanol–water partition coefficient (Wildman–Crippen LogP) is 4.81. The van der Waals surface area contributed by atoms with Crippen molar-refractivity contribution in [3.8, 4) is 5.88 Å². The Balaban J connectivity index is 1.36. The number of carbonyl (C=O) groups excluding carboxylic acids is 1. The summed E-state index contributed by atoms with van der Waals surface area (Å²) in [5, 5.41) is 12.5. The first-order valence-corrected chi connectivity index (χ1v) is 13.3. The van der Waals surface area contributed by atoms with Crippen molar-refractivity contribution >= 4 is 35.1 Å². The highest BCUT2D eigenvalue weighted by Crippen LogP contribution is 2.39. The minimum absolute atomic E-state index is 0.350. The molecule has 210 valence electrons. The molecular formula is C29H34N6O5. The highest BCUT2D eigenvalue weighted by molar-refractivity contribution is 5.92. The van der Waals surface area contributed by atoms with Crippen molar-refractivity contribution in [2.45, 2.75) is 59.1 Å². The van der Waals surface area contributed by atoms with Gasteiger partial charge in [0, 0.05) is 24.0 Å². The molecule has 0 unspecified atom stereocenters. The lowest BCUT2D eigenvalue weighted by molar-refractivity contribution is -0.138. The SMILES string of the molecule is Cc1c(N2CCc3cnc(Nc4ccc([C@H](C)C(=O)O)cc4)nc3C2)cnc2c1N(C(=O)OC(C)(C)C)CCO2. The average molecular weight is 547 g/mol. The van der Waals surface area contributed by atoms with Crippen LogP contribution in [0.3, 0.4) is 0 Å². The van der Waals surface area contributed by atoms with Crippen molar-refractivity contribution in [1.82, 2.24) is 15.0 Å². The molecular weight excluding hydrogens is 512 g/mol. The monoisotopic (exact) mass is 546 g/mol. The molecule has 0 bridgehead atoms. The van der Waals surface area contributed by atoms with Crippen LogP contribution in [-0.4, -0.2) is 57.4 Å². The van der Waals surface area contributed by atoms with E-state index in [4.69, 9.17) is 14.5 Å². The Kier molecular flexibility index (Phi) is 7.22. The summed E-state index contributed by atoms with van der Waals surface area (Å²) in [6, 6.07) is 7.23. The first-order valence-electron chi connectivity index (χ1n) is 13.3. The van der Waals surface area contributed by atoms with Gasteiger partial charge in [-0.15, -0.1) is 0 Å². The molecule has 2 N–H and O–H groups in total. The topological polar surface area (TPSA) is 130 Å². The Labute approximate surface area is 233 Å². The van der Waals surface area contributed by atoms with Crippen LogP contribution in [0.25, 0.3) is 0 Å². The number of nitrogens with zero attached hydrogens (tertiary/aromatic N) is 5. The maximum Gasteiger partial charge on any atom is 0.415 e. The number of aliphatic carboxylic acids is 1. The number of carbonyl (C=O) groups is 2. The van der Waals surface area contributed by atoms with Gasteiger partial charge < -0.3 is 24.8 Å². The highest BCUT2D eigenvalue weighted by Gasteiger charge is 2.32. The fourth-order valence-corrected chi connectivity index (χ4v) is 4.84. The molecule has 1 atom stereocenters. The molecule has 0 aliphatic carbocycles. The summed E-state index contributed by atoms with van der Waals surface area (Å²) in [4.78, 5) is 41.9. The molecule has 11 heteroatoms. The number of carboxylic acid groups (broad SMARTS) is 1. The second-order valence-corrected chi connectivity index (χ2v) is 11.0. The van der Waals surface area contributed by atoms with Crippen molar-refractivity contribution in [2.75, 3.05) is 34.8 Å². The van der Waals surface area contributed by atoms with Crippen molar-refractivity contribution in [1.29, 1.82) is 0 Å². The van der Waals surface area contributed by atoms with Crippen LogP contribution in [0.1, 0.15) is 56.0 Å². The van der Waals surface area contributed by atoms with E-state index in [1.165, 1.54) is 0 Å². The molecule has 2 aliphatic rings. The third-order valence-electron chi connectivity index (χ3n) is 7.01. The van der Waals surface area contributed by atoms with Gasteiger partial charge in [-0.2, -0.15) is 0 Å². The Bertz CT molecular complexity index is 1440. The number of amides is 1. The van der Waals surface area contributed by atoms with Crippen molar-refractivity contribution in [3.63, 3.8) is 0 Å². The highest BCUT2D eigenvalue weighted by atomic mass is 16.6. The summed E-state index contributed by atoms with van der Waals surface area (Å²) in [5.74, 6) is -0.556. The van der Waals surface area contributed by atoms with Gasteiger partial charge in [0.05, 0.1) is 36.6 Å². The largest absolute Gasteiger partial charge is 0.481 e. The van der Waals surface area contributed by atoms with Gasteiger partial charge in [-0.1, -0.05) is 12.1 Å². The molecule has 1 amide bonds. The zero-order valence-corrected chi connectivity index (χ0v) is 23.4. The number of hydrogen-bond donors (Lipinski definition) is 2. The molecule has 40 heavy (non-hydrogen) atoms. The van der Waals surface area contributed by atoms with E-state index in [0.29, 0.717) is 37.2 Å². The summed E-state index contributed by atoms with van der Waals surface area (Å²) < 4.78 is 11.4. The number of pyridine rings is 1. The zero-order valence-electron chi connectivity index (χ0n) is 23.4. The lowest BCUT2D eigenvalue weighted by Gasteiger charge is -2.35. The van der Waals surface area contributed by atoms with Crippen molar-refractivity contribution in [2.24, 2.45) is 0 Å². The van der Waals surface area contributed by atoms with Gasteiger partial charge in [-0.25, -0.2) is 19.7 Å². The lowest BCUT2D eigenvalue weighted by atomic mass is 10.0. The van der Waals surface area contributed by atoms with Crippen LogP contribution in [-0.2, 0) is 22.5 Å².